The smallest absolute Gasteiger partial charge is 0.0616 e. The standard InChI is InChI=1S/C14H19Cl2NO/c1-2-14-11(5-6-18-14)13(17)7-9-3-4-10(15)8-12(9)16/h3-4,8,11,13-14H,2,5-7,17H2,1H3. The van der Waals surface area contributed by atoms with Gasteiger partial charge < -0.3 is 10.5 Å². The Morgan fingerprint density at radius 2 is 2.22 bits per heavy atom. The predicted molar refractivity (Wildman–Crippen MR) is 76.3 cm³/mol. The Labute approximate surface area is 118 Å². The predicted octanol–water partition coefficient (Wildman–Crippen LogP) is 3.68. The molecule has 1 saturated heterocycles. The third kappa shape index (κ3) is 3.18. The molecule has 0 amide bonds. The highest BCUT2D eigenvalue weighted by Gasteiger charge is 2.31. The molecule has 1 fully saturated rings. The van der Waals surface area contributed by atoms with E-state index in [1.807, 2.05) is 12.1 Å². The number of rotatable bonds is 4. The van der Waals surface area contributed by atoms with Crippen LogP contribution in [0.4, 0.5) is 0 Å². The van der Waals surface area contributed by atoms with Gasteiger partial charge in [0.15, 0.2) is 0 Å². The third-order valence-electron chi connectivity index (χ3n) is 3.68. The molecule has 18 heavy (non-hydrogen) atoms. The quantitative estimate of drug-likeness (QED) is 0.917. The van der Waals surface area contributed by atoms with Crippen LogP contribution in [0, 0.1) is 5.92 Å². The Morgan fingerprint density at radius 3 is 2.89 bits per heavy atom. The molecule has 2 rings (SSSR count). The first-order valence-electron chi connectivity index (χ1n) is 6.43. The van der Waals surface area contributed by atoms with Crippen molar-refractivity contribution in [3.8, 4) is 0 Å². The molecule has 1 aromatic rings. The SMILES string of the molecule is CCC1OCCC1C(N)Cc1ccc(Cl)cc1Cl. The van der Waals surface area contributed by atoms with Crippen LogP contribution in [0.3, 0.4) is 0 Å². The maximum absolute atomic E-state index is 6.31. The number of hydrogen-bond acceptors (Lipinski definition) is 2. The minimum atomic E-state index is 0.0936. The summed E-state index contributed by atoms with van der Waals surface area (Å²) in [4.78, 5) is 0. The number of halogens is 2. The molecule has 3 unspecified atom stereocenters. The Morgan fingerprint density at radius 1 is 1.44 bits per heavy atom. The zero-order chi connectivity index (χ0) is 13.1. The first-order chi connectivity index (χ1) is 8.61. The van der Waals surface area contributed by atoms with E-state index in [4.69, 9.17) is 33.7 Å². The van der Waals surface area contributed by atoms with Crippen LogP contribution in [0.1, 0.15) is 25.3 Å². The van der Waals surface area contributed by atoms with Crippen molar-refractivity contribution in [2.45, 2.75) is 38.3 Å². The molecule has 1 heterocycles. The lowest BCUT2D eigenvalue weighted by atomic mass is 9.88. The largest absolute Gasteiger partial charge is 0.378 e. The van der Waals surface area contributed by atoms with E-state index in [9.17, 15) is 0 Å². The molecule has 0 radical (unpaired) electrons. The summed E-state index contributed by atoms with van der Waals surface area (Å²) >= 11 is 12.1. The van der Waals surface area contributed by atoms with E-state index < -0.39 is 0 Å². The van der Waals surface area contributed by atoms with E-state index in [-0.39, 0.29) is 6.04 Å². The highest BCUT2D eigenvalue weighted by atomic mass is 35.5. The summed E-state index contributed by atoms with van der Waals surface area (Å²) in [5.74, 6) is 0.432. The van der Waals surface area contributed by atoms with Gasteiger partial charge >= 0.3 is 0 Å². The van der Waals surface area contributed by atoms with E-state index in [1.54, 1.807) is 6.07 Å². The monoisotopic (exact) mass is 287 g/mol. The van der Waals surface area contributed by atoms with Crippen molar-refractivity contribution in [1.82, 2.24) is 0 Å². The molecule has 100 valence electrons. The van der Waals surface area contributed by atoms with Gasteiger partial charge in [-0.1, -0.05) is 36.2 Å². The van der Waals surface area contributed by atoms with Crippen LogP contribution in [0.15, 0.2) is 18.2 Å². The molecular weight excluding hydrogens is 269 g/mol. The van der Waals surface area contributed by atoms with Gasteiger partial charge in [-0.15, -0.1) is 0 Å². The van der Waals surface area contributed by atoms with E-state index in [1.165, 1.54) is 0 Å². The zero-order valence-corrected chi connectivity index (χ0v) is 12.0. The molecule has 0 aliphatic carbocycles. The fraction of sp³-hybridized carbons (Fsp3) is 0.571. The number of benzene rings is 1. The summed E-state index contributed by atoms with van der Waals surface area (Å²) in [5, 5.41) is 1.36. The van der Waals surface area contributed by atoms with Gasteiger partial charge in [0, 0.05) is 28.6 Å². The average Bonchev–Trinajstić information content (AvgIpc) is 2.81. The minimum Gasteiger partial charge on any atom is -0.378 e. The second-order valence-corrected chi connectivity index (χ2v) is 5.72. The highest BCUT2D eigenvalue weighted by molar-refractivity contribution is 6.35. The van der Waals surface area contributed by atoms with Crippen molar-refractivity contribution < 1.29 is 4.74 Å². The lowest BCUT2D eigenvalue weighted by molar-refractivity contribution is 0.0814. The first-order valence-corrected chi connectivity index (χ1v) is 7.18. The molecule has 0 spiro atoms. The van der Waals surface area contributed by atoms with E-state index in [2.05, 4.69) is 6.92 Å². The van der Waals surface area contributed by atoms with Gasteiger partial charge in [-0.25, -0.2) is 0 Å². The van der Waals surface area contributed by atoms with Crippen LogP contribution in [-0.4, -0.2) is 18.8 Å². The maximum Gasteiger partial charge on any atom is 0.0616 e. The third-order valence-corrected chi connectivity index (χ3v) is 4.27. The summed E-state index contributed by atoms with van der Waals surface area (Å²) in [6.45, 7) is 2.97. The summed E-state index contributed by atoms with van der Waals surface area (Å²) in [6.07, 6.45) is 3.14. The second-order valence-electron chi connectivity index (χ2n) is 4.87. The van der Waals surface area contributed by atoms with Crippen LogP contribution in [0.2, 0.25) is 10.0 Å². The molecular formula is C14H19Cl2NO. The molecule has 1 aliphatic heterocycles. The Balaban J connectivity index is 2.04. The Hall–Kier alpha value is -0.280. The number of ether oxygens (including phenoxy) is 1. The minimum absolute atomic E-state index is 0.0936. The molecule has 0 bridgehead atoms. The van der Waals surface area contributed by atoms with Crippen molar-refractivity contribution in [2.75, 3.05) is 6.61 Å². The molecule has 0 aromatic heterocycles. The van der Waals surface area contributed by atoms with Gasteiger partial charge in [-0.3, -0.25) is 0 Å². The van der Waals surface area contributed by atoms with Crippen LogP contribution >= 0.6 is 23.2 Å². The second kappa shape index (κ2) is 6.25. The number of nitrogens with two attached hydrogens (primary N) is 1. The molecule has 2 nitrogen and oxygen atoms in total. The van der Waals surface area contributed by atoms with Gasteiger partial charge in [0.25, 0.3) is 0 Å². The molecule has 2 N–H and O–H groups in total. The van der Waals surface area contributed by atoms with Gasteiger partial charge in [0.05, 0.1) is 6.10 Å². The fourth-order valence-corrected chi connectivity index (χ4v) is 3.15. The lowest BCUT2D eigenvalue weighted by Gasteiger charge is -2.24. The molecule has 3 atom stereocenters. The Bertz CT molecular complexity index is 411. The fourth-order valence-electron chi connectivity index (χ4n) is 2.67. The van der Waals surface area contributed by atoms with E-state index >= 15 is 0 Å². The molecule has 4 heteroatoms. The van der Waals surface area contributed by atoms with Gasteiger partial charge in [-0.05, 0) is 37.0 Å². The van der Waals surface area contributed by atoms with Crippen LogP contribution < -0.4 is 5.73 Å². The van der Waals surface area contributed by atoms with Gasteiger partial charge in [-0.2, -0.15) is 0 Å². The summed E-state index contributed by atoms with van der Waals surface area (Å²) in [5.41, 5.74) is 7.38. The van der Waals surface area contributed by atoms with Crippen LogP contribution in [0.25, 0.3) is 0 Å². The normalized spacial score (nSPS) is 25.3. The van der Waals surface area contributed by atoms with Crippen LogP contribution in [0.5, 0.6) is 0 Å². The first kappa shape index (κ1) is 14.1. The van der Waals surface area contributed by atoms with Crippen molar-refractivity contribution in [1.29, 1.82) is 0 Å². The summed E-state index contributed by atoms with van der Waals surface area (Å²) < 4.78 is 5.69. The van der Waals surface area contributed by atoms with Crippen molar-refractivity contribution in [2.24, 2.45) is 11.7 Å². The van der Waals surface area contributed by atoms with Crippen LogP contribution in [-0.2, 0) is 11.2 Å². The maximum atomic E-state index is 6.31. The number of hydrogen-bond donors (Lipinski definition) is 1. The molecule has 1 aromatic carbocycles. The molecule has 1 aliphatic rings. The summed E-state index contributed by atoms with van der Waals surface area (Å²) in [7, 11) is 0. The van der Waals surface area contributed by atoms with E-state index in [0.717, 1.165) is 31.4 Å². The van der Waals surface area contributed by atoms with Gasteiger partial charge in [0.1, 0.15) is 0 Å². The highest BCUT2D eigenvalue weighted by Crippen LogP contribution is 2.29. The van der Waals surface area contributed by atoms with Crippen molar-refractivity contribution in [3.05, 3.63) is 33.8 Å². The van der Waals surface area contributed by atoms with Crippen molar-refractivity contribution in [3.63, 3.8) is 0 Å². The van der Waals surface area contributed by atoms with Crippen molar-refractivity contribution >= 4 is 23.2 Å². The van der Waals surface area contributed by atoms with Gasteiger partial charge in [0.2, 0.25) is 0 Å². The summed E-state index contributed by atoms with van der Waals surface area (Å²) in [6, 6.07) is 5.68. The Kier molecular flexibility index (Phi) is 4.91. The molecule has 0 saturated carbocycles. The topological polar surface area (TPSA) is 35.2 Å². The lowest BCUT2D eigenvalue weighted by Crippen LogP contribution is -2.37. The van der Waals surface area contributed by atoms with E-state index in [0.29, 0.717) is 22.1 Å². The average molecular weight is 288 g/mol. The zero-order valence-electron chi connectivity index (χ0n) is 10.5.